The summed E-state index contributed by atoms with van der Waals surface area (Å²) in [5, 5.41) is 8.79. The predicted octanol–water partition coefficient (Wildman–Crippen LogP) is 2.15. The van der Waals surface area contributed by atoms with Gasteiger partial charge in [-0.1, -0.05) is 25.4 Å². The van der Waals surface area contributed by atoms with E-state index in [1.165, 1.54) is 18.2 Å². The number of halogens is 1. The molecule has 1 aromatic carbocycles. The topological polar surface area (TPSA) is 74.7 Å². The summed E-state index contributed by atoms with van der Waals surface area (Å²) >= 11 is 5.79. The van der Waals surface area contributed by atoms with Gasteiger partial charge >= 0.3 is 5.97 Å². The van der Waals surface area contributed by atoms with Gasteiger partial charge in [0.05, 0.1) is 21.2 Å². The van der Waals surface area contributed by atoms with Gasteiger partial charge in [0.2, 0.25) is 0 Å². The zero-order valence-corrected chi connectivity index (χ0v) is 13.0. The molecule has 0 fully saturated rings. The molecule has 0 aliphatic heterocycles. The van der Waals surface area contributed by atoms with E-state index in [2.05, 4.69) is 0 Å². The van der Waals surface area contributed by atoms with Crippen LogP contribution in [0, 0.1) is 0 Å². The van der Waals surface area contributed by atoms with Gasteiger partial charge in [-0.05, 0) is 31.3 Å². The molecule has 0 radical (unpaired) electrons. The van der Waals surface area contributed by atoms with E-state index in [4.69, 9.17) is 16.7 Å². The van der Waals surface area contributed by atoms with Crippen LogP contribution in [0.1, 0.15) is 24.2 Å². The maximum atomic E-state index is 12.2. The summed E-state index contributed by atoms with van der Waals surface area (Å²) in [6.45, 7) is 5.94. The van der Waals surface area contributed by atoms with Gasteiger partial charge in [0.15, 0.2) is 9.84 Å². The maximum absolute atomic E-state index is 12.2. The Morgan fingerprint density at radius 1 is 1.30 bits per heavy atom. The number of hydrogen-bond donors (Lipinski definition) is 1. The average molecular weight is 320 g/mol. The molecule has 7 heteroatoms. The molecule has 0 saturated carbocycles. The van der Waals surface area contributed by atoms with E-state index in [-0.39, 0.29) is 21.2 Å². The zero-order chi connectivity index (χ0) is 15.3. The normalized spacial score (nSPS) is 11.8. The van der Waals surface area contributed by atoms with Crippen molar-refractivity contribution in [3.05, 3.63) is 28.8 Å². The molecule has 0 aliphatic rings. The second-order valence-electron chi connectivity index (χ2n) is 4.29. The molecule has 1 aromatic rings. The lowest BCUT2D eigenvalue weighted by atomic mass is 10.2. The molecule has 0 spiro atoms. The lowest BCUT2D eigenvalue weighted by Gasteiger charge is -2.17. The van der Waals surface area contributed by atoms with Crippen LogP contribution in [0.3, 0.4) is 0 Å². The molecule has 0 aromatic heterocycles. The molecule has 20 heavy (non-hydrogen) atoms. The predicted molar refractivity (Wildman–Crippen MR) is 78.3 cm³/mol. The second-order valence-corrected chi connectivity index (χ2v) is 6.81. The smallest absolute Gasteiger partial charge is 0.337 e. The van der Waals surface area contributed by atoms with Crippen LogP contribution in [-0.2, 0) is 9.84 Å². The van der Waals surface area contributed by atoms with Gasteiger partial charge in [-0.3, -0.25) is 0 Å². The van der Waals surface area contributed by atoms with Gasteiger partial charge in [-0.15, -0.1) is 0 Å². The van der Waals surface area contributed by atoms with Crippen LogP contribution in [0.25, 0.3) is 0 Å². The van der Waals surface area contributed by atoms with Gasteiger partial charge in [0, 0.05) is 6.54 Å². The highest BCUT2D eigenvalue weighted by atomic mass is 35.5. The molecule has 5 nitrogen and oxygen atoms in total. The summed E-state index contributed by atoms with van der Waals surface area (Å²) in [5.41, 5.74) is -0.102. The summed E-state index contributed by atoms with van der Waals surface area (Å²) in [4.78, 5) is 12.9. The zero-order valence-electron chi connectivity index (χ0n) is 11.5. The first-order chi connectivity index (χ1) is 9.31. The van der Waals surface area contributed by atoms with E-state index >= 15 is 0 Å². The Hall–Kier alpha value is -1.11. The third kappa shape index (κ3) is 4.19. The largest absolute Gasteiger partial charge is 0.478 e. The van der Waals surface area contributed by atoms with Crippen molar-refractivity contribution in [1.82, 2.24) is 4.90 Å². The Morgan fingerprint density at radius 2 is 1.90 bits per heavy atom. The summed E-state index contributed by atoms with van der Waals surface area (Å²) in [5.74, 6) is -1.20. The van der Waals surface area contributed by atoms with Crippen molar-refractivity contribution in [3.63, 3.8) is 0 Å². The van der Waals surface area contributed by atoms with Crippen LogP contribution in [-0.4, -0.2) is 49.8 Å². The highest BCUT2D eigenvalue weighted by Gasteiger charge is 2.18. The lowest BCUT2D eigenvalue weighted by Crippen LogP contribution is -2.29. The molecule has 0 amide bonds. The van der Waals surface area contributed by atoms with Gasteiger partial charge in [0.1, 0.15) is 0 Å². The van der Waals surface area contributed by atoms with Gasteiger partial charge < -0.3 is 10.0 Å². The van der Waals surface area contributed by atoms with Crippen molar-refractivity contribution < 1.29 is 18.3 Å². The molecular formula is C13H18ClNO4S. The number of benzene rings is 1. The number of hydrogen-bond acceptors (Lipinski definition) is 4. The van der Waals surface area contributed by atoms with Crippen LogP contribution < -0.4 is 0 Å². The van der Waals surface area contributed by atoms with Crippen molar-refractivity contribution in [2.45, 2.75) is 18.7 Å². The van der Waals surface area contributed by atoms with Crippen molar-refractivity contribution in [2.24, 2.45) is 0 Å². The van der Waals surface area contributed by atoms with Crippen LogP contribution >= 0.6 is 11.6 Å². The average Bonchev–Trinajstić information content (AvgIpc) is 2.39. The molecular weight excluding hydrogens is 302 g/mol. The number of carboxylic acids is 1. The Kier molecular flexibility index (Phi) is 5.98. The first kappa shape index (κ1) is 16.9. The van der Waals surface area contributed by atoms with Crippen molar-refractivity contribution in [1.29, 1.82) is 0 Å². The highest BCUT2D eigenvalue weighted by molar-refractivity contribution is 7.91. The molecule has 0 heterocycles. The highest BCUT2D eigenvalue weighted by Crippen LogP contribution is 2.21. The van der Waals surface area contributed by atoms with Crippen LogP contribution in [0.4, 0.5) is 0 Å². The van der Waals surface area contributed by atoms with Gasteiger partial charge in [-0.25, -0.2) is 13.2 Å². The molecule has 0 saturated heterocycles. The maximum Gasteiger partial charge on any atom is 0.337 e. The molecule has 1 N–H and O–H groups in total. The third-order valence-corrected chi connectivity index (χ3v) is 5.11. The Morgan fingerprint density at radius 3 is 2.35 bits per heavy atom. The standard InChI is InChI=1S/C13H18ClNO4S/c1-3-15(4-2)7-8-20(18,19)10-5-6-11(13(16)17)12(14)9-10/h5-6,9H,3-4,7-8H2,1-2H3,(H,16,17). The quantitative estimate of drug-likeness (QED) is 0.833. The molecule has 0 bridgehead atoms. The van der Waals surface area contributed by atoms with Crippen molar-refractivity contribution in [2.75, 3.05) is 25.4 Å². The minimum absolute atomic E-state index is 0.0164. The molecule has 1 rings (SSSR count). The van der Waals surface area contributed by atoms with E-state index in [9.17, 15) is 13.2 Å². The van der Waals surface area contributed by atoms with E-state index in [1.54, 1.807) is 0 Å². The Balaban J connectivity index is 2.93. The second kappa shape index (κ2) is 7.06. The molecule has 0 aliphatic carbocycles. The number of sulfone groups is 1. The summed E-state index contributed by atoms with van der Waals surface area (Å²) < 4.78 is 24.3. The molecule has 0 unspecified atom stereocenters. The number of aromatic carboxylic acids is 1. The van der Waals surface area contributed by atoms with Crippen molar-refractivity contribution in [3.8, 4) is 0 Å². The first-order valence-electron chi connectivity index (χ1n) is 6.29. The summed E-state index contributed by atoms with van der Waals surface area (Å²) in [7, 11) is -3.46. The molecule has 112 valence electrons. The Bertz CT molecular complexity index is 582. The van der Waals surface area contributed by atoms with Crippen molar-refractivity contribution >= 4 is 27.4 Å². The lowest BCUT2D eigenvalue weighted by molar-refractivity contribution is 0.0697. The minimum Gasteiger partial charge on any atom is -0.478 e. The van der Waals surface area contributed by atoms with Crippen LogP contribution in [0.5, 0.6) is 0 Å². The SMILES string of the molecule is CCN(CC)CCS(=O)(=O)c1ccc(C(=O)O)c(Cl)c1. The number of carbonyl (C=O) groups is 1. The number of carboxylic acid groups (broad SMARTS) is 1. The fourth-order valence-corrected chi connectivity index (χ4v) is 3.40. The summed E-state index contributed by atoms with van der Waals surface area (Å²) in [6.07, 6.45) is 0. The Labute approximate surface area is 124 Å². The minimum atomic E-state index is -3.46. The van der Waals surface area contributed by atoms with Crippen LogP contribution in [0.2, 0.25) is 5.02 Å². The van der Waals surface area contributed by atoms with Gasteiger partial charge in [-0.2, -0.15) is 0 Å². The van der Waals surface area contributed by atoms with E-state index < -0.39 is 15.8 Å². The molecule has 0 atom stereocenters. The third-order valence-electron chi connectivity index (χ3n) is 3.10. The fraction of sp³-hybridized carbons (Fsp3) is 0.462. The summed E-state index contributed by atoms with van der Waals surface area (Å²) in [6, 6.07) is 3.70. The van der Waals surface area contributed by atoms with E-state index in [1.807, 2.05) is 18.7 Å². The van der Waals surface area contributed by atoms with Gasteiger partial charge in [0.25, 0.3) is 0 Å². The number of nitrogens with zero attached hydrogens (tertiary/aromatic N) is 1. The monoisotopic (exact) mass is 319 g/mol. The number of rotatable bonds is 7. The first-order valence-corrected chi connectivity index (χ1v) is 8.32. The van der Waals surface area contributed by atoms with Crippen LogP contribution in [0.15, 0.2) is 23.1 Å². The van der Waals surface area contributed by atoms with E-state index in [0.29, 0.717) is 6.54 Å². The fourth-order valence-electron chi connectivity index (χ4n) is 1.77. The van der Waals surface area contributed by atoms with E-state index in [0.717, 1.165) is 13.1 Å².